The van der Waals surface area contributed by atoms with Gasteiger partial charge in [-0.25, -0.2) is 0 Å². The number of Topliss-reactive ketones (excluding diaryl/α,β-unsaturated/α-hetero) is 1. The molecule has 3 nitrogen and oxygen atoms in total. The first kappa shape index (κ1) is 16.8. The average molecular weight is 379 g/mol. The van der Waals surface area contributed by atoms with E-state index in [0.29, 0.717) is 5.56 Å². The quantitative estimate of drug-likeness (QED) is 0.716. The summed E-state index contributed by atoms with van der Waals surface area (Å²) in [5.74, 6) is -0.889. The number of rotatable bonds is 7. The highest BCUT2D eigenvalue weighted by Gasteiger charge is 2.19. The van der Waals surface area contributed by atoms with Crippen LogP contribution in [0.1, 0.15) is 27.6 Å². The van der Waals surface area contributed by atoms with E-state index < -0.39 is 5.97 Å². The molecule has 0 radical (unpaired) electrons. The number of carbonyl (C=O) groups is 2. The molecule has 0 amide bonds. The van der Waals surface area contributed by atoms with Crippen molar-refractivity contribution in [2.75, 3.05) is 5.75 Å². The van der Waals surface area contributed by atoms with Crippen LogP contribution in [0.4, 0.5) is 0 Å². The van der Waals surface area contributed by atoms with Crippen LogP contribution in [0.5, 0.6) is 0 Å². The Labute approximate surface area is 141 Å². The Bertz CT molecular complexity index is 658. The van der Waals surface area contributed by atoms with Gasteiger partial charge < -0.3 is 5.11 Å². The first-order valence-corrected chi connectivity index (χ1v) is 8.57. The Balaban J connectivity index is 2.17. The van der Waals surface area contributed by atoms with Gasteiger partial charge >= 0.3 is 5.97 Å². The van der Waals surface area contributed by atoms with Gasteiger partial charge in [-0.05, 0) is 17.7 Å². The minimum atomic E-state index is -0.878. The van der Waals surface area contributed by atoms with E-state index in [4.69, 9.17) is 5.11 Å². The number of hydrogen-bond acceptors (Lipinski definition) is 3. The molecule has 0 bridgehead atoms. The molecule has 0 saturated carbocycles. The summed E-state index contributed by atoms with van der Waals surface area (Å²) < 4.78 is 0.915. The standard InChI is InChI=1S/C17H15BrO3S/c18-14-8-4-7-13(9-14)16(22-11-17(20)21)10-15(19)12-5-2-1-3-6-12/h1-9,16H,10-11H2,(H,20,21). The monoisotopic (exact) mass is 378 g/mol. The fourth-order valence-corrected chi connectivity index (χ4v) is 3.43. The molecule has 0 spiro atoms. The highest BCUT2D eigenvalue weighted by molar-refractivity contribution is 9.10. The summed E-state index contributed by atoms with van der Waals surface area (Å²) in [5.41, 5.74) is 1.60. The van der Waals surface area contributed by atoms with E-state index in [2.05, 4.69) is 15.9 Å². The zero-order valence-electron chi connectivity index (χ0n) is 11.7. The van der Waals surface area contributed by atoms with Gasteiger partial charge in [0.15, 0.2) is 5.78 Å². The Morgan fingerprint density at radius 3 is 2.45 bits per heavy atom. The lowest BCUT2D eigenvalue weighted by molar-refractivity contribution is -0.133. The van der Waals surface area contributed by atoms with Crippen molar-refractivity contribution in [3.8, 4) is 0 Å². The maximum absolute atomic E-state index is 12.4. The summed E-state index contributed by atoms with van der Waals surface area (Å²) in [7, 11) is 0. The van der Waals surface area contributed by atoms with Crippen molar-refractivity contribution >= 4 is 39.4 Å². The first-order chi connectivity index (χ1) is 10.6. The van der Waals surface area contributed by atoms with Crippen LogP contribution in [0, 0.1) is 0 Å². The summed E-state index contributed by atoms with van der Waals surface area (Å²) in [6.45, 7) is 0. The van der Waals surface area contributed by atoms with Crippen molar-refractivity contribution in [2.24, 2.45) is 0 Å². The zero-order valence-corrected chi connectivity index (χ0v) is 14.1. The minimum Gasteiger partial charge on any atom is -0.481 e. The summed E-state index contributed by atoms with van der Waals surface area (Å²) >= 11 is 4.68. The molecule has 114 valence electrons. The number of benzene rings is 2. The summed E-state index contributed by atoms with van der Waals surface area (Å²) in [6, 6.07) is 16.7. The molecule has 5 heteroatoms. The second kappa shape index (κ2) is 8.15. The van der Waals surface area contributed by atoms with Crippen LogP contribution in [0.15, 0.2) is 59.1 Å². The van der Waals surface area contributed by atoms with Crippen molar-refractivity contribution in [3.05, 3.63) is 70.2 Å². The maximum atomic E-state index is 12.4. The van der Waals surface area contributed by atoms with Crippen molar-refractivity contribution in [1.29, 1.82) is 0 Å². The van der Waals surface area contributed by atoms with Gasteiger partial charge in [0.2, 0.25) is 0 Å². The molecule has 2 aromatic carbocycles. The van der Waals surface area contributed by atoms with Crippen molar-refractivity contribution < 1.29 is 14.7 Å². The smallest absolute Gasteiger partial charge is 0.313 e. The fraction of sp³-hybridized carbons (Fsp3) is 0.176. The van der Waals surface area contributed by atoms with Crippen LogP contribution >= 0.6 is 27.7 Å². The largest absolute Gasteiger partial charge is 0.481 e. The van der Waals surface area contributed by atoms with E-state index in [-0.39, 0.29) is 23.2 Å². The number of aliphatic carboxylic acids is 1. The Morgan fingerprint density at radius 2 is 1.82 bits per heavy atom. The van der Waals surface area contributed by atoms with Crippen LogP contribution < -0.4 is 0 Å². The molecule has 2 rings (SSSR count). The van der Waals surface area contributed by atoms with Crippen LogP contribution in [0.25, 0.3) is 0 Å². The Hall–Kier alpha value is -1.59. The van der Waals surface area contributed by atoms with Gasteiger partial charge in [-0.1, -0.05) is 58.4 Å². The van der Waals surface area contributed by atoms with Crippen LogP contribution in [0.2, 0.25) is 0 Å². The third-order valence-corrected chi connectivity index (χ3v) is 4.84. The third kappa shape index (κ3) is 5.00. The lowest BCUT2D eigenvalue weighted by Crippen LogP contribution is -2.08. The van der Waals surface area contributed by atoms with Gasteiger partial charge in [0, 0.05) is 21.7 Å². The molecular weight excluding hydrogens is 364 g/mol. The van der Waals surface area contributed by atoms with Gasteiger partial charge in [0.05, 0.1) is 5.75 Å². The zero-order chi connectivity index (χ0) is 15.9. The van der Waals surface area contributed by atoms with Crippen molar-refractivity contribution in [3.63, 3.8) is 0 Å². The second-order valence-electron chi connectivity index (χ2n) is 4.74. The van der Waals surface area contributed by atoms with E-state index in [1.165, 1.54) is 11.8 Å². The molecule has 0 saturated heterocycles. The molecule has 1 unspecified atom stereocenters. The van der Waals surface area contributed by atoms with Crippen molar-refractivity contribution in [2.45, 2.75) is 11.7 Å². The van der Waals surface area contributed by atoms with Gasteiger partial charge in [-0.2, -0.15) is 0 Å². The van der Waals surface area contributed by atoms with E-state index in [9.17, 15) is 9.59 Å². The van der Waals surface area contributed by atoms with Crippen LogP contribution in [-0.4, -0.2) is 22.6 Å². The lowest BCUT2D eigenvalue weighted by atomic mass is 10.0. The van der Waals surface area contributed by atoms with E-state index in [0.717, 1.165) is 10.0 Å². The predicted molar refractivity (Wildman–Crippen MR) is 92.4 cm³/mol. The minimum absolute atomic E-state index is 0.0171. The van der Waals surface area contributed by atoms with Crippen LogP contribution in [-0.2, 0) is 4.79 Å². The number of hydrogen-bond donors (Lipinski definition) is 1. The van der Waals surface area contributed by atoms with Crippen LogP contribution in [0.3, 0.4) is 0 Å². The molecule has 0 aliphatic heterocycles. The number of ketones is 1. The predicted octanol–water partition coefficient (Wildman–Crippen LogP) is 4.58. The molecule has 0 aromatic heterocycles. The molecule has 0 aliphatic rings. The third-order valence-electron chi connectivity index (χ3n) is 3.10. The molecule has 0 heterocycles. The number of thioether (sulfide) groups is 1. The Morgan fingerprint density at radius 1 is 1.09 bits per heavy atom. The summed E-state index contributed by atoms with van der Waals surface area (Å²) in [4.78, 5) is 23.2. The number of carbonyl (C=O) groups excluding carboxylic acids is 1. The van der Waals surface area contributed by atoms with Gasteiger partial charge in [0.25, 0.3) is 0 Å². The number of carboxylic acid groups (broad SMARTS) is 1. The van der Waals surface area contributed by atoms with Gasteiger partial charge in [-0.15, -0.1) is 11.8 Å². The SMILES string of the molecule is O=C(O)CSC(CC(=O)c1ccccc1)c1cccc(Br)c1. The molecule has 0 fully saturated rings. The van der Waals surface area contributed by atoms with E-state index in [1.807, 2.05) is 42.5 Å². The molecular formula is C17H15BrO3S. The van der Waals surface area contributed by atoms with Gasteiger partial charge in [0.1, 0.15) is 0 Å². The lowest BCUT2D eigenvalue weighted by Gasteiger charge is -2.16. The van der Waals surface area contributed by atoms with E-state index in [1.54, 1.807) is 12.1 Å². The highest BCUT2D eigenvalue weighted by atomic mass is 79.9. The normalized spacial score (nSPS) is 11.9. The molecule has 22 heavy (non-hydrogen) atoms. The first-order valence-electron chi connectivity index (χ1n) is 6.73. The second-order valence-corrected chi connectivity index (χ2v) is 6.85. The van der Waals surface area contributed by atoms with Gasteiger partial charge in [-0.3, -0.25) is 9.59 Å². The molecule has 2 aromatic rings. The molecule has 1 atom stereocenters. The number of carboxylic acids is 1. The average Bonchev–Trinajstić information content (AvgIpc) is 2.52. The topological polar surface area (TPSA) is 54.4 Å². The number of halogens is 1. The Kier molecular flexibility index (Phi) is 6.21. The fourth-order valence-electron chi connectivity index (χ4n) is 2.06. The highest BCUT2D eigenvalue weighted by Crippen LogP contribution is 2.34. The van der Waals surface area contributed by atoms with E-state index >= 15 is 0 Å². The summed E-state index contributed by atoms with van der Waals surface area (Å²) in [6.07, 6.45) is 0.276. The maximum Gasteiger partial charge on any atom is 0.313 e. The molecule has 0 aliphatic carbocycles. The summed E-state index contributed by atoms with van der Waals surface area (Å²) in [5, 5.41) is 8.72. The molecule has 1 N–H and O–H groups in total. The van der Waals surface area contributed by atoms with Crippen molar-refractivity contribution in [1.82, 2.24) is 0 Å².